The summed E-state index contributed by atoms with van der Waals surface area (Å²) in [4.78, 5) is 24.0. The highest BCUT2D eigenvalue weighted by molar-refractivity contribution is 5.70. The Hall–Kier alpha value is -1.88. The van der Waals surface area contributed by atoms with Gasteiger partial charge in [-0.05, 0) is 57.8 Å². The fourth-order valence-electron chi connectivity index (χ4n) is 4.14. The lowest BCUT2D eigenvalue weighted by Gasteiger charge is -2.15. The van der Waals surface area contributed by atoms with E-state index in [-0.39, 0.29) is 25.2 Å². The number of allylic oxidation sites excluding steroid dienone is 6. The van der Waals surface area contributed by atoms with Crippen LogP contribution in [0.5, 0.6) is 0 Å². The molecule has 1 N–H and O–H groups in total. The number of ether oxygens (including phenoxy) is 2. The maximum atomic E-state index is 12.1. The van der Waals surface area contributed by atoms with E-state index in [4.69, 9.17) is 9.47 Å². The van der Waals surface area contributed by atoms with Crippen molar-refractivity contribution in [2.24, 2.45) is 0 Å². The van der Waals surface area contributed by atoms with Gasteiger partial charge in [-0.2, -0.15) is 0 Å². The Morgan fingerprint density at radius 2 is 1.03 bits per heavy atom. The Labute approximate surface area is 240 Å². The maximum absolute atomic E-state index is 12.1. The van der Waals surface area contributed by atoms with E-state index in [0.717, 1.165) is 64.2 Å². The molecule has 0 bridgehead atoms. The molecule has 5 heteroatoms. The van der Waals surface area contributed by atoms with Crippen LogP contribution in [0.2, 0.25) is 0 Å². The van der Waals surface area contributed by atoms with E-state index in [0.29, 0.717) is 12.8 Å². The average molecular weight is 549 g/mol. The summed E-state index contributed by atoms with van der Waals surface area (Å²) in [6, 6.07) is 0. The molecule has 0 aromatic rings. The van der Waals surface area contributed by atoms with Gasteiger partial charge in [-0.15, -0.1) is 0 Å². The van der Waals surface area contributed by atoms with E-state index in [2.05, 4.69) is 50.3 Å². The Bertz CT molecular complexity index is 637. The zero-order valence-electron chi connectivity index (χ0n) is 25.4. The van der Waals surface area contributed by atoms with Gasteiger partial charge in [0.2, 0.25) is 0 Å². The van der Waals surface area contributed by atoms with Gasteiger partial charge < -0.3 is 14.6 Å². The fourth-order valence-corrected chi connectivity index (χ4v) is 4.14. The molecule has 1 atom stereocenters. The first kappa shape index (κ1) is 37.1. The predicted octanol–water partition coefficient (Wildman–Crippen LogP) is 9.33. The van der Waals surface area contributed by atoms with Crippen LogP contribution in [-0.2, 0) is 19.1 Å². The molecular weight excluding hydrogens is 488 g/mol. The lowest BCUT2D eigenvalue weighted by Crippen LogP contribution is -2.28. The van der Waals surface area contributed by atoms with Crippen molar-refractivity contribution in [1.29, 1.82) is 0 Å². The van der Waals surface area contributed by atoms with Crippen LogP contribution in [0.1, 0.15) is 149 Å². The first-order valence-electron chi connectivity index (χ1n) is 16.0. The quantitative estimate of drug-likeness (QED) is 0.0599. The molecule has 0 fully saturated rings. The molecule has 0 saturated heterocycles. The van der Waals surface area contributed by atoms with Crippen molar-refractivity contribution in [2.75, 3.05) is 13.2 Å². The van der Waals surface area contributed by atoms with E-state index in [1.807, 2.05) is 0 Å². The summed E-state index contributed by atoms with van der Waals surface area (Å²) in [7, 11) is 0. The van der Waals surface area contributed by atoms with Crippen LogP contribution >= 0.6 is 0 Å². The third-order valence-corrected chi connectivity index (χ3v) is 6.66. The number of carbonyl (C=O) groups excluding carboxylic acids is 2. The van der Waals surface area contributed by atoms with Crippen LogP contribution in [-0.4, -0.2) is 36.4 Å². The van der Waals surface area contributed by atoms with Crippen molar-refractivity contribution >= 4 is 11.9 Å². The van der Waals surface area contributed by atoms with Crippen LogP contribution in [0.25, 0.3) is 0 Å². The minimum Gasteiger partial charge on any atom is -0.462 e. The molecular formula is C34H60O5. The molecule has 0 aromatic heterocycles. The number of carbonyl (C=O) groups is 2. The van der Waals surface area contributed by atoms with Crippen molar-refractivity contribution in [1.82, 2.24) is 0 Å². The monoisotopic (exact) mass is 548 g/mol. The standard InChI is InChI=1S/C34H60O5/c1-3-5-7-9-11-13-15-16-17-19-21-23-25-27-29-34(37)39-32(30-35)31-38-33(36)28-26-24-22-20-18-14-12-10-8-6-4-2/h9-12,15-16,32,35H,3-8,13-14,17-31H2,1-2H3/b11-9-,12-10-,16-15-. The highest BCUT2D eigenvalue weighted by atomic mass is 16.6. The van der Waals surface area contributed by atoms with Crippen molar-refractivity contribution < 1.29 is 24.2 Å². The number of unbranched alkanes of at least 4 members (excludes halogenated alkanes) is 14. The van der Waals surface area contributed by atoms with E-state index in [1.54, 1.807) is 0 Å². The zero-order valence-corrected chi connectivity index (χ0v) is 25.4. The van der Waals surface area contributed by atoms with Gasteiger partial charge in [-0.1, -0.05) is 115 Å². The Kier molecular flexibility index (Phi) is 29.2. The molecule has 226 valence electrons. The third-order valence-electron chi connectivity index (χ3n) is 6.66. The Balaban J connectivity index is 3.64. The van der Waals surface area contributed by atoms with Crippen molar-refractivity contribution in [2.45, 2.75) is 155 Å². The summed E-state index contributed by atoms with van der Waals surface area (Å²) in [6.45, 7) is 4.01. The highest BCUT2D eigenvalue weighted by Crippen LogP contribution is 2.11. The predicted molar refractivity (Wildman–Crippen MR) is 164 cm³/mol. The first-order chi connectivity index (χ1) is 19.1. The van der Waals surface area contributed by atoms with Gasteiger partial charge in [0.15, 0.2) is 6.10 Å². The average Bonchev–Trinajstić information content (AvgIpc) is 2.94. The molecule has 0 saturated carbocycles. The number of rotatable bonds is 28. The number of aliphatic hydroxyl groups is 1. The van der Waals surface area contributed by atoms with Crippen molar-refractivity contribution in [3.05, 3.63) is 36.5 Å². The summed E-state index contributed by atoms with van der Waals surface area (Å²) >= 11 is 0. The molecule has 0 aliphatic heterocycles. The molecule has 0 aliphatic carbocycles. The minimum atomic E-state index is -0.778. The highest BCUT2D eigenvalue weighted by Gasteiger charge is 2.16. The minimum absolute atomic E-state index is 0.0759. The number of esters is 2. The van der Waals surface area contributed by atoms with Crippen LogP contribution < -0.4 is 0 Å². The summed E-state index contributed by atoms with van der Waals surface area (Å²) in [6.07, 6.45) is 34.8. The van der Waals surface area contributed by atoms with E-state index >= 15 is 0 Å². The van der Waals surface area contributed by atoms with Crippen LogP contribution in [0.4, 0.5) is 0 Å². The molecule has 0 radical (unpaired) electrons. The van der Waals surface area contributed by atoms with E-state index in [9.17, 15) is 14.7 Å². The topological polar surface area (TPSA) is 72.8 Å². The van der Waals surface area contributed by atoms with E-state index in [1.165, 1.54) is 57.8 Å². The summed E-state index contributed by atoms with van der Waals surface area (Å²) in [5.74, 6) is -0.623. The second kappa shape index (κ2) is 30.7. The van der Waals surface area contributed by atoms with Gasteiger partial charge in [-0.25, -0.2) is 0 Å². The Morgan fingerprint density at radius 1 is 0.590 bits per heavy atom. The number of hydrogen-bond acceptors (Lipinski definition) is 5. The molecule has 0 rings (SSSR count). The lowest BCUT2D eigenvalue weighted by atomic mass is 10.1. The van der Waals surface area contributed by atoms with Crippen molar-refractivity contribution in [3.63, 3.8) is 0 Å². The summed E-state index contributed by atoms with van der Waals surface area (Å²) < 4.78 is 10.5. The normalized spacial score (nSPS) is 12.6. The second-order valence-electron chi connectivity index (χ2n) is 10.5. The number of aliphatic hydroxyl groups excluding tert-OH is 1. The van der Waals surface area contributed by atoms with Gasteiger partial charge in [0, 0.05) is 12.8 Å². The first-order valence-corrected chi connectivity index (χ1v) is 16.0. The van der Waals surface area contributed by atoms with Gasteiger partial charge >= 0.3 is 11.9 Å². The van der Waals surface area contributed by atoms with Gasteiger partial charge in [0.05, 0.1) is 6.61 Å². The Morgan fingerprint density at radius 3 is 1.54 bits per heavy atom. The zero-order chi connectivity index (χ0) is 28.7. The molecule has 0 aromatic carbocycles. The second-order valence-corrected chi connectivity index (χ2v) is 10.5. The largest absolute Gasteiger partial charge is 0.462 e. The van der Waals surface area contributed by atoms with Gasteiger partial charge in [-0.3, -0.25) is 9.59 Å². The lowest BCUT2D eigenvalue weighted by molar-refractivity contribution is -0.161. The van der Waals surface area contributed by atoms with Gasteiger partial charge in [0.25, 0.3) is 0 Å². The molecule has 0 heterocycles. The SMILES string of the molecule is CCCC/C=C\C/C=C\CCCCCCCC(=O)OC(CO)COC(=O)CCCCCCC/C=C\CCCC. The smallest absolute Gasteiger partial charge is 0.306 e. The van der Waals surface area contributed by atoms with Crippen LogP contribution in [0, 0.1) is 0 Å². The molecule has 0 aliphatic rings. The molecule has 0 spiro atoms. The molecule has 5 nitrogen and oxygen atoms in total. The van der Waals surface area contributed by atoms with Gasteiger partial charge in [0.1, 0.15) is 6.61 Å². The maximum Gasteiger partial charge on any atom is 0.306 e. The molecule has 0 amide bonds. The summed E-state index contributed by atoms with van der Waals surface area (Å²) in [5.41, 5.74) is 0. The van der Waals surface area contributed by atoms with E-state index < -0.39 is 6.10 Å². The van der Waals surface area contributed by atoms with Crippen LogP contribution in [0.15, 0.2) is 36.5 Å². The molecule has 1 unspecified atom stereocenters. The number of hydrogen-bond donors (Lipinski definition) is 1. The third kappa shape index (κ3) is 28.9. The fraction of sp³-hybridized carbons (Fsp3) is 0.765. The summed E-state index contributed by atoms with van der Waals surface area (Å²) in [5, 5.41) is 9.48. The van der Waals surface area contributed by atoms with Crippen molar-refractivity contribution in [3.8, 4) is 0 Å². The molecule has 39 heavy (non-hydrogen) atoms. The van der Waals surface area contributed by atoms with Crippen LogP contribution in [0.3, 0.4) is 0 Å².